The van der Waals surface area contributed by atoms with Crippen molar-refractivity contribution in [3.8, 4) is 11.5 Å². The predicted molar refractivity (Wildman–Crippen MR) is 151 cm³/mol. The highest BCUT2D eigenvalue weighted by molar-refractivity contribution is 7.93. The molecule has 0 aliphatic carbocycles. The molecule has 2 aliphatic heterocycles. The molecular formula is C29H31ClFN3O5S. The fraction of sp³-hybridized carbons (Fsp3) is 0.345. The Bertz CT molecular complexity index is 1530. The van der Waals surface area contributed by atoms with Gasteiger partial charge < -0.3 is 19.6 Å². The highest BCUT2D eigenvalue weighted by Crippen LogP contribution is 2.53. The molecule has 8 nitrogen and oxygen atoms in total. The first-order valence-corrected chi connectivity index (χ1v) is 14.8. The summed E-state index contributed by atoms with van der Waals surface area (Å²) in [7, 11) is -1.00. The van der Waals surface area contributed by atoms with E-state index in [-0.39, 0.29) is 39.1 Å². The molecule has 1 fully saturated rings. The van der Waals surface area contributed by atoms with Crippen molar-refractivity contribution in [2.24, 2.45) is 0 Å². The third kappa shape index (κ3) is 4.83. The van der Waals surface area contributed by atoms with E-state index in [2.05, 4.69) is 16.8 Å². The summed E-state index contributed by atoms with van der Waals surface area (Å²) < 4.78 is 49.7. The number of carbonyl (C=O) groups excluding carboxylic acids is 1. The van der Waals surface area contributed by atoms with E-state index in [4.69, 9.17) is 16.3 Å². The minimum atomic E-state index is -4.46. The van der Waals surface area contributed by atoms with Gasteiger partial charge in [0.05, 0.1) is 22.7 Å². The van der Waals surface area contributed by atoms with E-state index in [0.717, 1.165) is 30.5 Å². The highest BCUT2D eigenvalue weighted by atomic mass is 35.5. The molecule has 1 saturated heterocycles. The molecule has 0 spiro atoms. The average molecular weight is 588 g/mol. The lowest BCUT2D eigenvalue weighted by Crippen LogP contribution is -2.46. The molecule has 11 heteroatoms. The van der Waals surface area contributed by atoms with Crippen molar-refractivity contribution in [1.29, 1.82) is 0 Å². The van der Waals surface area contributed by atoms with Crippen molar-refractivity contribution in [2.75, 3.05) is 51.2 Å². The summed E-state index contributed by atoms with van der Waals surface area (Å²) in [5.74, 6) is -1.34. The molecule has 3 aromatic rings. The number of anilines is 1. The number of nitrogens with zero attached hydrogens (tertiary/aromatic N) is 3. The number of hydrogen-bond acceptors (Lipinski definition) is 7. The molecule has 0 bridgehead atoms. The van der Waals surface area contributed by atoms with Gasteiger partial charge in [-0.3, -0.25) is 4.79 Å². The Labute approximate surface area is 238 Å². The van der Waals surface area contributed by atoms with Gasteiger partial charge in [0.15, 0.2) is 0 Å². The Hall–Kier alpha value is -3.18. The number of halogens is 2. The predicted octanol–water partition coefficient (Wildman–Crippen LogP) is 4.24. The van der Waals surface area contributed by atoms with Crippen LogP contribution in [0.25, 0.3) is 0 Å². The lowest BCUT2D eigenvalue weighted by molar-refractivity contribution is -0.121. The largest absolute Gasteiger partial charge is 0.508 e. The van der Waals surface area contributed by atoms with E-state index in [1.807, 2.05) is 0 Å². The van der Waals surface area contributed by atoms with E-state index in [0.29, 0.717) is 18.5 Å². The molecule has 2 heterocycles. The molecule has 1 atom stereocenters. The van der Waals surface area contributed by atoms with Crippen molar-refractivity contribution in [3.05, 3.63) is 82.6 Å². The fourth-order valence-corrected chi connectivity index (χ4v) is 7.37. The van der Waals surface area contributed by atoms with Gasteiger partial charge in [0, 0.05) is 37.8 Å². The van der Waals surface area contributed by atoms with Gasteiger partial charge in [-0.15, -0.1) is 0 Å². The second-order valence-electron chi connectivity index (χ2n) is 10.2. The standard InChI is InChI=1S/C29H31ClFN3O5S/c1-32-14-16-33(17-15-32)13-5-12-29(22-6-3-4-7-25(22)31)23-18-24(30)27(39-2)19-26(23)34(28(29)36)40(37,38)21-10-8-20(35)9-11-21/h3-4,6-11,18-19,35H,5,12-17H2,1-2H3. The first-order valence-electron chi connectivity index (χ1n) is 13.0. The summed E-state index contributed by atoms with van der Waals surface area (Å²) in [4.78, 5) is 18.9. The topological polar surface area (TPSA) is 90.4 Å². The normalized spacial score (nSPS) is 20.1. The van der Waals surface area contributed by atoms with Gasteiger partial charge in [-0.05, 0) is 68.4 Å². The number of benzene rings is 3. The second-order valence-corrected chi connectivity index (χ2v) is 12.4. The zero-order valence-corrected chi connectivity index (χ0v) is 23.9. The second kappa shape index (κ2) is 11.0. The van der Waals surface area contributed by atoms with Gasteiger partial charge in [0.1, 0.15) is 22.7 Å². The van der Waals surface area contributed by atoms with Crippen molar-refractivity contribution in [2.45, 2.75) is 23.2 Å². The molecule has 5 rings (SSSR count). The van der Waals surface area contributed by atoms with Gasteiger partial charge in [-0.25, -0.2) is 17.1 Å². The van der Waals surface area contributed by atoms with Crippen LogP contribution < -0.4 is 9.04 Å². The van der Waals surface area contributed by atoms with E-state index in [9.17, 15) is 18.3 Å². The van der Waals surface area contributed by atoms with Crippen LogP contribution in [0.5, 0.6) is 11.5 Å². The van der Waals surface area contributed by atoms with Crippen LogP contribution in [-0.2, 0) is 20.2 Å². The quantitative estimate of drug-likeness (QED) is 0.421. The number of piperazine rings is 1. The van der Waals surface area contributed by atoms with Gasteiger partial charge >= 0.3 is 0 Å². The van der Waals surface area contributed by atoms with Crippen LogP contribution in [0.4, 0.5) is 10.1 Å². The zero-order chi connectivity index (χ0) is 28.7. The van der Waals surface area contributed by atoms with Crippen LogP contribution in [-0.4, -0.2) is 76.1 Å². The van der Waals surface area contributed by atoms with Crippen molar-refractivity contribution in [3.63, 3.8) is 0 Å². The number of methoxy groups -OCH3 is 1. The summed E-state index contributed by atoms with van der Waals surface area (Å²) in [6, 6.07) is 13.8. The summed E-state index contributed by atoms with van der Waals surface area (Å²) in [6.07, 6.45) is 0.677. The number of ether oxygens (including phenoxy) is 1. The Morgan fingerprint density at radius 2 is 1.70 bits per heavy atom. The first kappa shape index (κ1) is 28.4. The number of phenolic OH excluding ortho intramolecular Hbond substituents is 1. The van der Waals surface area contributed by atoms with Crippen LogP contribution in [0.2, 0.25) is 5.02 Å². The number of rotatable bonds is 8. The lowest BCUT2D eigenvalue weighted by atomic mass is 9.72. The number of likely N-dealkylation sites (N-methyl/N-ethyl adjacent to an activating group) is 1. The monoisotopic (exact) mass is 587 g/mol. The van der Waals surface area contributed by atoms with E-state index >= 15 is 4.39 Å². The van der Waals surface area contributed by atoms with Crippen LogP contribution in [0.15, 0.2) is 65.6 Å². The number of aromatic hydroxyl groups is 1. The Kier molecular flexibility index (Phi) is 7.80. The number of fused-ring (bicyclic) bond motifs is 1. The van der Waals surface area contributed by atoms with Crippen LogP contribution in [0.3, 0.4) is 0 Å². The molecule has 0 aromatic heterocycles. The molecule has 1 N–H and O–H groups in total. The van der Waals surface area contributed by atoms with E-state index in [1.54, 1.807) is 6.07 Å². The number of carbonyl (C=O) groups is 1. The Morgan fingerprint density at radius 3 is 2.35 bits per heavy atom. The number of hydrogen-bond donors (Lipinski definition) is 1. The smallest absolute Gasteiger partial charge is 0.270 e. The van der Waals surface area contributed by atoms with Crippen molar-refractivity contribution in [1.82, 2.24) is 9.80 Å². The molecular weight excluding hydrogens is 557 g/mol. The summed E-state index contributed by atoms with van der Waals surface area (Å²) in [6.45, 7) is 4.26. The maximum absolute atomic E-state index is 15.6. The van der Waals surface area contributed by atoms with Crippen LogP contribution >= 0.6 is 11.6 Å². The molecule has 1 amide bonds. The van der Waals surface area contributed by atoms with Gasteiger partial charge in [0.2, 0.25) is 0 Å². The molecule has 0 radical (unpaired) electrons. The van der Waals surface area contributed by atoms with Crippen molar-refractivity contribution < 1.29 is 27.4 Å². The number of amides is 1. The Morgan fingerprint density at radius 1 is 1.02 bits per heavy atom. The molecule has 2 aliphatic rings. The average Bonchev–Trinajstić information content (AvgIpc) is 3.17. The highest BCUT2D eigenvalue weighted by Gasteiger charge is 2.57. The molecule has 1 unspecified atom stereocenters. The summed E-state index contributed by atoms with van der Waals surface area (Å²) in [5.41, 5.74) is -1.20. The van der Waals surface area contributed by atoms with Gasteiger partial charge in [0.25, 0.3) is 15.9 Å². The van der Waals surface area contributed by atoms with Crippen molar-refractivity contribution >= 4 is 33.2 Å². The van der Waals surface area contributed by atoms with E-state index in [1.165, 1.54) is 61.7 Å². The van der Waals surface area contributed by atoms with Gasteiger partial charge in [-0.2, -0.15) is 0 Å². The molecule has 212 valence electrons. The van der Waals surface area contributed by atoms with Crippen LogP contribution in [0.1, 0.15) is 24.0 Å². The lowest BCUT2D eigenvalue weighted by Gasteiger charge is -2.34. The zero-order valence-electron chi connectivity index (χ0n) is 22.3. The number of sulfonamides is 1. The minimum Gasteiger partial charge on any atom is -0.508 e. The van der Waals surface area contributed by atoms with E-state index < -0.39 is 27.2 Å². The van der Waals surface area contributed by atoms with Gasteiger partial charge in [-0.1, -0.05) is 29.8 Å². The maximum atomic E-state index is 15.6. The van der Waals surface area contributed by atoms with Crippen LogP contribution in [0, 0.1) is 5.82 Å². The SMILES string of the molecule is COc1cc2c(cc1Cl)C(CCCN1CCN(C)CC1)(c1ccccc1F)C(=O)N2S(=O)(=O)c1ccc(O)cc1. The minimum absolute atomic E-state index is 0.0576. The maximum Gasteiger partial charge on any atom is 0.270 e. The fourth-order valence-electron chi connectivity index (χ4n) is 5.65. The third-order valence-corrected chi connectivity index (χ3v) is 9.84. The summed E-state index contributed by atoms with van der Waals surface area (Å²) in [5, 5.41) is 9.90. The molecule has 0 saturated carbocycles. The molecule has 3 aromatic carbocycles. The number of phenols is 1. The summed E-state index contributed by atoms with van der Waals surface area (Å²) >= 11 is 6.54. The first-order chi connectivity index (χ1) is 19.1. The molecule has 40 heavy (non-hydrogen) atoms. The Balaban J connectivity index is 1.66. The third-order valence-electron chi connectivity index (χ3n) is 7.83.